The molecule has 2 N–H and O–H groups in total. The molecule has 0 unspecified atom stereocenters. The quantitative estimate of drug-likeness (QED) is 0.391. The zero-order valence-corrected chi connectivity index (χ0v) is 18.5. The summed E-state index contributed by atoms with van der Waals surface area (Å²) < 4.78 is 1.62. The molecule has 0 aliphatic carbocycles. The third-order valence-electron chi connectivity index (χ3n) is 4.16. The van der Waals surface area contributed by atoms with Crippen molar-refractivity contribution >= 4 is 35.2 Å². The van der Waals surface area contributed by atoms with Crippen LogP contribution in [0.1, 0.15) is 23.0 Å². The molecule has 0 saturated heterocycles. The van der Waals surface area contributed by atoms with Crippen LogP contribution in [-0.2, 0) is 13.5 Å². The third-order valence-corrected chi connectivity index (χ3v) is 6.05. The lowest BCUT2D eigenvalue weighted by Gasteiger charge is -2.13. The largest absolute Gasteiger partial charge is 0.322 e. The Morgan fingerprint density at radius 1 is 1.26 bits per heavy atom. The number of aryl methyl sites for hydroxylation is 1. The maximum Gasteiger partial charge on any atom is 0.278 e. The van der Waals surface area contributed by atoms with E-state index in [0.29, 0.717) is 21.0 Å². The maximum absolute atomic E-state index is 13.0. The van der Waals surface area contributed by atoms with E-state index in [0.717, 1.165) is 6.42 Å². The van der Waals surface area contributed by atoms with Crippen molar-refractivity contribution in [1.29, 1.82) is 0 Å². The number of amides is 1. The Morgan fingerprint density at radius 3 is 2.81 bits per heavy atom. The minimum absolute atomic E-state index is 0.200. The van der Waals surface area contributed by atoms with Gasteiger partial charge in [-0.2, -0.15) is 5.10 Å². The van der Waals surface area contributed by atoms with Gasteiger partial charge in [-0.15, -0.1) is 22.0 Å². The van der Waals surface area contributed by atoms with Crippen LogP contribution in [0.5, 0.6) is 0 Å². The first-order valence-corrected chi connectivity index (χ1v) is 11.2. The van der Waals surface area contributed by atoms with E-state index < -0.39 is 0 Å². The molecule has 0 saturated carbocycles. The Kier molecular flexibility index (Phi) is 6.63. The highest BCUT2D eigenvalue weighted by atomic mass is 32.2. The van der Waals surface area contributed by atoms with Gasteiger partial charge in [-0.1, -0.05) is 37.3 Å². The van der Waals surface area contributed by atoms with Crippen molar-refractivity contribution in [3.63, 3.8) is 0 Å². The van der Waals surface area contributed by atoms with E-state index in [1.807, 2.05) is 18.2 Å². The molecular weight excluding hydrogens is 432 g/mol. The molecule has 1 atom stereocenters. The SMILES string of the molecule is C[C@@H](Cc1ccccc1)Sc1ncc(Sc2nnc[nH]2)nc1C(=O)Nc1ccn(C)n1. The number of nitrogens with zero attached hydrogens (tertiary/aromatic N) is 6. The van der Waals surface area contributed by atoms with E-state index in [1.54, 1.807) is 30.2 Å². The number of anilines is 1. The van der Waals surface area contributed by atoms with Gasteiger partial charge in [0.25, 0.3) is 5.91 Å². The molecule has 0 fully saturated rings. The number of aromatic nitrogens is 7. The summed E-state index contributed by atoms with van der Waals surface area (Å²) in [6, 6.07) is 12.0. The van der Waals surface area contributed by atoms with Gasteiger partial charge in [0.15, 0.2) is 16.7 Å². The molecule has 4 rings (SSSR count). The van der Waals surface area contributed by atoms with Gasteiger partial charge in [-0.3, -0.25) is 9.48 Å². The van der Waals surface area contributed by atoms with Gasteiger partial charge in [-0.05, 0) is 23.7 Å². The molecule has 0 aliphatic heterocycles. The predicted octanol–water partition coefficient (Wildman–Crippen LogP) is 3.46. The second-order valence-electron chi connectivity index (χ2n) is 6.71. The van der Waals surface area contributed by atoms with Crippen molar-refractivity contribution < 1.29 is 4.79 Å². The summed E-state index contributed by atoms with van der Waals surface area (Å²) in [4.78, 5) is 25.0. The summed E-state index contributed by atoms with van der Waals surface area (Å²) in [5.74, 6) is 0.0940. The van der Waals surface area contributed by atoms with E-state index in [4.69, 9.17) is 0 Å². The van der Waals surface area contributed by atoms with Gasteiger partial charge in [0.1, 0.15) is 16.4 Å². The lowest BCUT2D eigenvalue weighted by Crippen LogP contribution is -2.17. The monoisotopic (exact) mass is 452 g/mol. The molecule has 0 aliphatic rings. The molecule has 0 bridgehead atoms. The van der Waals surface area contributed by atoms with Crippen molar-refractivity contribution in [1.82, 2.24) is 34.9 Å². The Labute approximate surface area is 187 Å². The minimum atomic E-state index is -0.361. The van der Waals surface area contributed by atoms with Gasteiger partial charge in [0.2, 0.25) is 0 Å². The average Bonchev–Trinajstić information content (AvgIpc) is 3.41. The average molecular weight is 453 g/mol. The number of H-pyrrole nitrogens is 1. The third kappa shape index (κ3) is 5.70. The smallest absolute Gasteiger partial charge is 0.278 e. The van der Waals surface area contributed by atoms with Crippen LogP contribution < -0.4 is 5.32 Å². The number of carbonyl (C=O) groups excluding carboxylic acids is 1. The number of carbonyl (C=O) groups is 1. The number of hydrogen-bond donors (Lipinski definition) is 2. The number of benzene rings is 1. The van der Waals surface area contributed by atoms with Gasteiger partial charge < -0.3 is 10.3 Å². The fourth-order valence-electron chi connectivity index (χ4n) is 2.82. The van der Waals surface area contributed by atoms with Crippen LogP contribution in [0, 0.1) is 0 Å². The summed E-state index contributed by atoms with van der Waals surface area (Å²) >= 11 is 2.78. The number of aromatic amines is 1. The molecular formula is C20H20N8OS2. The van der Waals surface area contributed by atoms with E-state index >= 15 is 0 Å². The molecule has 0 radical (unpaired) electrons. The second kappa shape index (κ2) is 9.75. The van der Waals surface area contributed by atoms with Crippen molar-refractivity contribution in [2.75, 3.05) is 5.32 Å². The summed E-state index contributed by atoms with van der Waals surface area (Å²) in [6.45, 7) is 2.11. The summed E-state index contributed by atoms with van der Waals surface area (Å²) in [5.41, 5.74) is 1.48. The summed E-state index contributed by atoms with van der Waals surface area (Å²) in [7, 11) is 1.79. The van der Waals surface area contributed by atoms with E-state index in [1.165, 1.54) is 35.4 Å². The van der Waals surface area contributed by atoms with Crippen molar-refractivity contribution in [2.45, 2.75) is 33.8 Å². The predicted molar refractivity (Wildman–Crippen MR) is 119 cm³/mol. The van der Waals surface area contributed by atoms with Crippen LogP contribution in [-0.4, -0.2) is 46.1 Å². The van der Waals surface area contributed by atoms with Crippen molar-refractivity contribution in [3.05, 3.63) is 66.4 Å². The molecule has 1 aromatic carbocycles. The molecule has 3 aromatic heterocycles. The Balaban J connectivity index is 1.57. The zero-order valence-electron chi connectivity index (χ0n) is 16.9. The lowest BCUT2D eigenvalue weighted by molar-refractivity contribution is 0.101. The van der Waals surface area contributed by atoms with Gasteiger partial charge in [-0.25, -0.2) is 9.97 Å². The molecule has 31 heavy (non-hydrogen) atoms. The summed E-state index contributed by atoms with van der Waals surface area (Å²) in [6.07, 6.45) is 5.74. The first kappa shape index (κ1) is 21.1. The number of nitrogens with one attached hydrogen (secondary N) is 2. The number of rotatable bonds is 8. The highest BCUT2D eigenvalue weighted by Crippen LogP contribution is 2.29. The first-order valence-electron chi connectivity index (χ1n) is 9.49. The fraction of sp³-hybridized carbons (Fsp3) is 0.200. The van der Waals surface area contributed by atoms with Crippen molar-refractivity contribution in [2.24, 2.45) is 7.05 Å². The van der Waals surface area contributed by atoms with Crippen LogP contribution in [0.4, 0.5) is 5.82 Å². The van der Waals surface area contributed by atoms with E-state index in [-0.39, 0.29) is 16.9 Å². The second-order valence-corrected chi connectivity index (χ2v) is 9.14. The van der Waals surface area contributed by atoms with Gasteiger partial charge in [0.05, 0.1) is 6.20 Å². The molecule has 11 heteroatoms. The molecule has 158 valence electrons. The summed E-state index contributed by atoms with van der Waals surface area (Å²) in [5, 5.41) is 16.6. The van der Waals surface area contributed by atoms with Crippen LogP contribution in [0.25, 0.3) is 0 Å². The van der Waals surface area contributed by atoms with Gasteiger partial charge >= 0.3 is 0 Å². The Bertz CT molecular complexity index is 1150. The van der Waals surface area contributed by atoms with Crippen LogP contribution in [0.2, 0.25) is 0 Å². The molecule has 3 heterocycles. The van der Waals surface area contributed by atoms with E-state index in [2.05, 4.69) is 54.6 Å². The normalized spacial score (nSPS) is 11.9. The standard InChI is InChI=1S/C20H20N8OS2/c1-13(10-14-6-4-3-5-7-14)30-19-17(18(29)24-15-8-9-28(2)27-15)25-16(11-21-19)31-20-22-12-23-26-20/h3-9,11-13H,10H2,1-2H3,(H,22,23,26)(H,24,27,29)/t13-/m0/s1. The Hall–Kier alpha value is -3.18. The van der Waals surface area contributed by atoms with Crippen molar-refractivity contribution in [3.8, 4) is 0 Å². The van der Waals surface area contributed by atoms with Crippen LogP contribution in [0.3, 0.4) is 0 Å². The maximum atomic E-state index is 13.0. The molecule has 4 aromatic rings. The first-order chi connectivity index (χ1) is 15.1. The zero-order chi connectivity index (χ0) is 21.6. The fourth-order valence-corrected chi connectivity index (χ4v) is 4.48. The van der Waals surface area contributed by atoms with Gasteiger partial charge in [0, 0.05) is 24.6 Å². The molecule has 1 amide bonds. The number of thioether (sulfide) groups is 1. The number of hydrogen-bond acceptors (Lipinski definition) is 8. The van der Waals surface area contributed by atoms with Crippen LogP contribution >= 0.6 is 23.5 Å². The molecule has 9 nitrogen and oxygen atoms in total. The molecule has 0 spiro atoms. The minimum Gasteiger partial charge on any atom is -0.322 e. The topological polar surface area (TPSA) is 114 Å². The highest BCUT2D eigenvalue weighted by Gasteiger charge is 2.20. The lowest BCUT2D eigenvalue weighted by atomic mass is 10.1. The highest BCUT2D eigenvalue weighted by molar-refractivity contribution is 8.00. The Morgan fingerprint density at radius 2 is 2.10 bits per heavy atom. The van der Waals surface area contributed by atoms with Crippen LogP contribution in [0.15, 0.2) is 70.3 Å². The van der Waals surface area contributed by atoms with E-state index in [9.17, 15) is 4.79 Å².